The molecule has 2 fully saturated rings. The first-order valence-corrected chi connectivity index (χ1v) is 9.36. The highest BCUT2D eigenvalue weighted by atomic mass is 32.1. The van der Waals surface area contributed by atoms with E-state index in [1.165, 1.54) is 55.9 Å². The largest absolute Gasteiger partial charge is 0.326 e. The standard InChI is InChI=1S/C17H29N3S/c1-3-15(18)16(17-13(2)7-11-21-17)20-10-5-9-19-8-4-6-14(19)12-20/h7,11,14-16H,3-6,8-10,12,18H2,1-2H3. The summed E-state index contributed by atoms with van der Waals surface area (Å²) in [7, 11) is 0. The Hall–Kier alpha value is -0.420. The second-order valence-corrected chi connectivity index (χ2v) is 7.61. The van der Waals surface area contributed by atoms with Crippen molar-refractivity contribution < 1.29 is 0 Å². The number of nitrogens with zero attached hydrogens (tertiary/aromatic N) is 2. The average Bonchev–Trinajstić information content (AvgIpc) is 3.04. The molecule has 1 aromatic rings. The highest BCUT2D eigenvalue weighted by Gasteiger charge is 2.34. The molecule has 0 spiro atoms. The van der Waals surface area contributed by atoms with Gasteiger partial charge in [-0.2, -0.15) is 0 Å². The molecule has 3 nitrogen and oxygen atoms in total. The molecule has 3 rings (SSSR count). The second kappa shape index (κ2) is 6.78. The van der Waals surface area contributed by atoms with Crippen molar-refractivity contribution in [3.05, 3.63) is 21.9 Å². The minimum atomic E-state index is 0.246. The van der Waals surface area contributed by atoms with Crippen LogP contribution in [0.25, 0.3) is 0 Å². The van der Waals surface area contributed by atoms with Crippen molar-refractivity contribution in [2.75, 3.05) is 26.2 Å². The van der Waals surface area contributed by atoms with Crippen LogP contribution in [0.4, 0.5) is 0 Å². The Morgan fingerprint density at radius 1 is 1.33 bits per heavy atom. The maximum atomic E-state index is 6.55. The van der Waals surface area contributed by atoms with Crippen LogP contribution in [0.3, 0.4) is 0 Å². The predicted molar refractivity (Wildman–Crippen MR) is 90.8 cm³/mol. The van der Waals surface area contributed by atoms with Crippen LogP contribution in [0, 0.1) is 6.92 Å². The minimum absolute atomic E-state index is 0.246. The summed E-state index contributed by atoms with van der Waals surface area (Å²) in [6, 6.07) is 3.67. The lowest BCUT2D eigenvalue weighted by Crippen LogP contribution is -2.44. The molecule has 0 aromatic carbocycles. The normalized spacial score (nSPS) is 27.3. The molecular formula is C17H29N3S. The van der Waals surface area contributed by atoms with E-state index in [0.29, 0.717) is 6.04 Å². The number of thiophene rings is 1. The number of aryl methyl sites for hydroxylation is 1. The maximum Gasteiger partial charge on any atom is 0.0596 e. The van der Waals surface area contributed by atoms with E-state index >= 15 is 0 Å². The fourth-order valence-corrected chi connectivity index (χ4v) is 5.17. The topological polar surface area (TPSA) is 32.5 Å². The van der Waals surface area contributed by atoms with Crippen molar-refractivity contribution in [2.45, 2.75) is 57.7 Å². The quantitative estimate of drug-likeness (QED) is 0.928. The molecule has 3 heterocycles. The molecule has 0 amide bonds. The summed E-state index contributed by atoms with van der Waals surface area (Å²) < 4.78 is 0. The van der Waals surface area contributed by atoms with E-state index in [4.69, 9.17) is 5.73 Å². The van der Waals surface area contributed by atoms with E-state index in [9.17, 15) is 0 Å². The number of hydrogen-bond acceptors (Lipinski definition) is 4. The van der Waals surface area contributed by atoms with Crippen molar-refractivity contribution in [1.29, 1.82) is 0 Å². The molecule has 0 saturated carbocycles. The highest BCUT2D eigenvalue weighted by molar-refractivity contribution is 7.10. The third-order valence-corrected chi connectivity index (χ3v) is 6.37. The minimum Gasteiger partial charge on any atom is -0.326 e. The Bertz CT molecular complexity index is 459. The van der Waals surface area contributed by atoms with E-state index in [-0.39, 0.29) is 6.04 Å². The fourth-order valence-electron chi connectivity index (χ4n) is 4.03. The molecule has 0 bridgehead atoms. The zero-order valence-electron chi connectivity index (χ0n) is 13.4. The molecule has 0 aliphatic carbocycles. The Morgan fingerprint density at radius 2 is 2.14 bits per heavy atom. The maximum absolute atomic E-state index is 6.55. The summed E-state index contributed by atoms with van der Waals surface area (Å²) >= 11 is 1.89. The van der Waals surface area contributed by atoms with Gasteiger partial charge in [0, 0.05) is 30.1 Å². The highest BCUT2D eigenvalue weighted by Crippen LogP contribution is 2.34. The average molecular weight is 308 g/mol. The molecule has 21 heavy (non-hydrogen) atoms. The molecule has 2 saturated heterocycles. The van der Waals surface area contributed by atoms with E-state index in [1.807, 2.05) is 11.3 Å². The number of nitrogens with two attached hydrogens (primary N) is 1. The van der Waals surface area contributed by atoms with E-state index in [1.54, 1.807) is 0 Å². The molecule has 3 unspecified atom stereocenters. The van der Waals surface area contributed by atoms with Crippen LogP contribution >= 0.6 is 11.3 Å². The lowest BCUT2D eigenvalue weighted by atomic mass is 9.99. The summed E-state index contributed by atoms with van der Waals surface area (Å²) in [6.45, 7) is 9.44. The summed E-state index contributed by atoms with van der Waals surface area (Å²) in [5.74, 6) is 0. The van der Waals surface area contributed by atoms with Gasteiger partial charge >= 0.3 is 0 Å². The van der Waals surface area contributed by atoms with E-state index < -0.39 is 0 Å². The lowest BCUT2D eigenvalue weighted by Gasteiger charge is -2.36. The molecule has 2 aliphatic heterocycles. The first kappa shape index (κ1) is 15.5. The summed E-state index contributed by atoms with van der Waals surface area (Å²) in [5.41, 5.74) is 7.97. The predicted octanol–water partition coefficient (Wildman–Crippen LogP) is 3.01. The second-order valence-electron chi connectivity index (χ2n) is 6.67. The van der Waals surface area contributed by atoms with Gasteiger partial charge in [0.25, 0.3) is 0 Å². The lowest BCUT2D eigenvalue weighted by molar-refractivity contribution is 0.153. The first-order valence-electron chi connectivity index (χ1n) is 8.48. The fraction of sp³-hybridized carbons (Fsp3) is 0.765. The first-order chi connectivity index (χ1) is 10.2. The Labute approximate surface area is 133 Å². The molecule has 1 aromatic heterocycles. The van der Waals surface area contributed by atoms with Crippen LogP contribution in [0.15, 0.2) is 11.4 Å². The number of hydrogen-bond donors (Lipinski definition) is 1. The Morgan fingerprint density at radius 3 is 2.86 bits per heavy atom. The van der Waals surface area contributed by atoms with Gasteiger partial charge in [0.15, 0.2) is 0 Å². The van der Waals surface area contributed by atoms with Crippen molar-refractivity contribution in [1.82, 2.24) is 9.80 Å². The SMILES string of the molecule is CCC(N)C(c1sccc1C)N1CCCN2CCCC2C1. The zero-order valence-corrected chi connectivity index (χ0v) is 14.2. The van der Waals surface area contributed by atoms with Crippen LogP contribution in [0.5, 0.6) is 0 Å². The van der Waals surface area contributed by atoms with Gasteiger partial charge in [-0.05, 0) is 62.7 Å². The van der Waals surface area contributed by atoms with Crippen LogP contribution in [-0.4, -0.2) is 48.1 Å². The van der Waals surface area contributed by atoms with Crippen LogP contribution < -0.4 is 5.73 Å². The van der Waals surface area contributed by atoms with Gasteiger partial charge in [-0.1, -0.05) is 6.92 Å². The molecule has 0 radical (unpaired) electrons. The van der Waals surface area contributed by atoms with Gasteiger partial charge in [0.2, 0.25) is 0 Å². The summed E-state index contributed by atoms with van der Waals surface area (Å²) in [6.07, 6.45) is 5.08. The molecule has 2 aliphatic rings. The van der Waals surface area contributed by atoms with E-state index in [0.717, 1.165) is 12.5 Å². The molecular weight excluding hydrogens is 278 g/mol. The van der Waals surface area contributed by atoms with Crippen molar-refractivity contribution in [3.63, 3.8) is 0 Å². The van der Waals surface area contributed by atoms with Crippen LogP contribution in [-0.2, 0) is 0 Å². The molecule has 118 valence electrons. The number of rotatable bonds is 4. The third-order valence-electron chi connectivity index (χ3n) is 5.28. The van der Waals surface area contributed by atoms with Gasteiger partial charge in [-0.3, -0.25) is 9.80 Å². The van der Waals surface area contributed by atoms with Crippen LogP contribution in [0.2, 0.25) is 0 Å². The van der Waals surface area contributed by atoms with Crippen molar-refractivity contribution in [2.24, 2.45) is 5.73 Å². The summed E-state index contributed by atoms with van der Waals surface area (Å²) in [4.78, 5) is 6.90. The molecule has 3 atom stereocenters. The van der Waals surface area contributed by atoms with Crippen molar-refractivity contribution in [3.8, 4) is 0 Å². The molecule has 2 N–H and O–H groups in total. The van der Waals surface area contributed by atoms with Gasteiger partial charge in [-0.25, -0.2) is 0 Å². The van der Waals surface area contributed by atoms with E-state index in [2.05, 4.69) is 35.1 Å². The Kier molecular flexibility index (Phi) is 4.99. The smallest absolute Gasteiger partial charge is 0.0596 e. The van der Waals surface area contributed by atoms with Crippen molar-refractivity contribution >= 4 is 11.3 Å². The van der Waals surface area contributed by atoms with Gasteiger partial charge in [0.05, 0.1) is 6.04 Å². The third kappa shape index (κ3) is 3.19. The monoisotopic (exact) mass is 307 g/mol. The van der Waals surface area contributed by atoms with Gasteiger partial charge in [0.1, 0.15) is 0 Å². The Balaban J connectivity index is 1.83. The zero-order chi connectivity index (χ0) is 14.8. The van der Waals surface area contributed by atoms with Crippen LogP contribution in [0.1, 0.15) is 49.1 Å². The van der Waals surface area contributed by atoms with Gasteiger partial charge in [-0.15, -0.1) is 11.3 Å². The summed E-state index contributed by atoms with van der Waals surface area (Å²) in [5, 5.41) is 2.22. The van der Waals surface area contributed by atoms with Gasteiger partial charge < -0.3 is 5.73 Å². The number of fused-ring (bicyclic) bond motifs is 1. The molecule has 4 heteroatoms.